The monoisotopic (exact) mass is 226 g/mol. The summed E-state index contributed by atoms with van der Waals surface area (Å²) >= 11 is 0. The van der Waals surface area contributed by atoms with Gasteiger partial charge >= 0.3 is 5.97 Å². The number of rotatable bonds is 5. The molecule has 16 heavy (non-hydrogen) atoms. The van der Waals surface area contributed by atoms with Crippen molar-refractivity contribution >= 4 is 5.97 Å². The lowest BCUT2D eigenvalue weighted by Crippen LogP contribution is -2.58. The Bertz CT molecular complexity index is 245. The Morgan fingerprint density at radius 2 is 2.19 bits per heavy atom. The molecule has 92 valence electrons. The van der Waals surface area contributed by atoms with Gasteiger partial charge in [-0.1, -0.05) is 13.0 Å². The van der Waals surface area contributed by atoms with Crippen molar-refractivity contribution in [2.24, 2.45) is 0 Å². The molecule has 0 aliphatic carbocycles. The van der Waals surface area contributed by atoms with Crippen LogP contribution in [0, 0.1) is 0 Å². The Morgan fingerprint density at radius 3 is 2.62 bits per heavy atom. The average Bonchev–Trinajstić information content (AvgIpc) is 2.36. The Kier molecular flexibility index (Phi) is 4.96. The van der Waals surface area contributed by atoms with Crippen LogP contribution >= 0.6 is 0 Å². The quantitative estimate of drug-likeness (QED) is 0.556. The second-order valence-electron chi connectivity index (χ2n) is 4.18. The molecule has 1 saturated heterocycles. The first-order chi connectivity index (χ1) is 7.68. The van der Waals surface area contributed by atoms with Crippen LogP contribution in [0.15, 0.2) is 12.7 Å². The molecule has 0 aromatic rings. The number of hydrogen-bond donors (Lipinski definition) is 1. The minimum absolute atomic E-state index is 0.148. The van der Waals surface area contributed by atoms with Gasteiger partial charge in [-0.3, -0.25) is 10.1 Å². The zero-order valence-electron chi connectivity index (χ0n) is 10.3. The SMILES string of the molecule is C=CCNC1(C(=O)OC)CCN(CC)CC1. The fourth-order valence-corrected chi connectivity index (χ4v) is 2.17. The van der Waals surface area contributed by atoms with E-state index in [1.54, 1.807) is 6.08 Å². The van der Waals surface area contributed by atoms with Crippen LogP contribution in [-0.2, 0) is 9.53 Å². The van der Waals surface area contributed by atoms with E-state index >= 15 is 0 Å². The van der Waals surface area contributed by atoms with Crippen LogP contribution in [0.5, 0.6) is 0 Å². The largest absolute Gasteiger partial charge is 0.468 e. The van der Waals surface area contributed by atoms with Gasteiger partial charge in [-0.15, -0.1) is 6.58 Å². The first-order valence-corrected chi connectivity index (χ1v) is 5.85. The van der Waals surface area contributed by atoms with Gasteiger partial charge in [-0.2, -0.15) is 0 Å². The zero-order valence-corrected chi connectivity index (χ0v) is 10.3. The topological polar surface area (TPSA) is 41.6 Å². The molecule has 1 fully saturated rings. The van der Waals surface area contributed by atoms with Crippen molar-refractivity contribution in [3.05, 3.63) is 12.7 Å². The fourth-order valence-electron chi connectivity index (χ4n) is 2.17. The Labute approximate surface area is 97.6 Å². The van der Waals surface area contributed by atoms with E-state index in [2.05, 4.69) is 23.7 Å². The lowest BCUT2D eigenvalue weighted by Gasteiger charge is -2.39. The Morgan fingerprint density at radius 1 is 1.56 bits per heavy atom. The van der Waals surface area contributed by atoms with E-state index in [1.165, 1.54) is 7.11 Å². The van der Waals surface area contributed by atoms with E-state index in [9.17, 15) is 4.79 Å². The maximum absolute atomic E-state index is 11.9. The predicted octanol–water partition coefficient (Wildman–Crippen LogP) is 0.789. The molecule has 0 bridgehead atoms. The summed E-state index contributed by atoms with van der Waals surface area (Å²) in [6.07, 6.45) is 3.39. The molecule has 4 nitrogen and oxygen atoms in total. The van der Waals surface area contributed by atoms with Gasteiger partial charge in [-0.25, -0.2) is 0 Å². The van der Waals surface area contributed by atoms with Crippen molar-refractivity contribution in [2.45, 2.75) is 25.3 Å². The van der Waals surface area contributed by atoms with E-state index in [1.807, 2.05) is 0 Å². The Balaban J connectivity index is 2.66. The number of nitrogens with zero attached hydrogens (tertiary/aromatic N) is 1. The number of hydrogen-bond acceptors (Lipinski definition) is 4. The third kappa shape index (κ3) is 2.83. The Hall–Kier alpha value is -0.870. The molecule has 0 saturated carbocycles. The van der Waals surface area contributed by atoms with Gasteiger partial charge < -0.3 is 9.64 Å². The highest BCUT2D eigenvalue weighted by atomic mass is 16.5. The van der Waals surface area contributed by atoms with Crippen LogP contribution < -0.4 is 5.32 Å². The van der Waals surface area contributed by atoms with E-state index in [-0.39, 0.29) is 5.97 Å². The molecule has 0 atom stereocenters. The summed E-state index contributed by atoms with van der Waals surface area (Å²) in [7, 11) is 1.45. The number of carbonyl (C=O) groups excluding carboxylic acids is 1. The van der Waals surface area contributed by atoms with Crippen molar-refractivity contribution in [2.75, 3.05) is 33.3 Å². The van der Waals surface area contributed by atoms with E-state index < -0.39 is 5.54 Å². The summed E-state index contributed by atoms with van der Waals surface area (Å²) in [6, 6.07) is 0. The maximum Gasteiger partial charge on any atom is 0.326 e. The van der Waals surface area contributed by atoms with Crippen molar-refractivity contribution in [3.8, 4) is 0 Å². The summed E-state index contributed by atoms with van der Waals surface area (Å²) in [5.41, 5.74) is -0.505. The predicted molar refractivity (Wildman–Crippen MR) is 64.3 cm³/mol. The molecule has 0 radical (unpaired) electrons. The van der Waals surface area contributed by atoms with E-state index in [4.69, 9.17) is 4.74 Å². The number of methoxy groups -OCH3 is 1. The van der Waals surface area contributed by atoms with E-state index in [0.717, 1.165) is 32.5 Å². The summed E-state index contributed by atoms with van der Waals surface area (Å²) in [6.45, 7) is 9.37. The number of nitrogens with one attached hydrogen (secondary N) is 1. The van der Waals surface area contributed by atoms with Gasteiger partial charge in [0.1, 0.15) is 5.54 Å². The molecule has 4 heteroatoms. The molecule has 0 aromatic carbocycles. The summed E-state index contributed by atoms with van der Waals surface area (Å²) in [5.74, 6) is -0.148. The van der Waals surface area contributed by atoms with Crippen LogP contribution in [0.25, 0.3) is 0 Å². The fraction of sp³-hybridized carbons (Fsp3) is 0.750. The highest BCUT2D eigenvalue weighted by molar-refractivity contribution is 5.81. The number of likely N-dealkylation sites (tertiary alicyclic amines) is 1. The van der Waals surface area contributed by atoms with Gasteiger partial charge in [-0.05, 0) is 19.4 Å². The van der Waals surface area contributed by atoms with Crippen LogP contribution in [-0.4, -0.2) is 49.7 Å². The van der Waals surface area contributed by atoms with Crippen LogP contribution in [0.3, 0.4) is 0 Å². The van der Waals surface area contributed by atoms with Crippen LogP contribution in [0.2, 0.25) is 0 Å². The number of esters is 1. The highest BCUT2D eigenvalue weighted by Crippen LogP contribution is 2.23. The van der Waals surface area contributed by atoms with Crippen molar-refractivity contribution in [1.82, 2.24) is 10.2 Å². The van der Waals surface area contributed by atoms with Gasteiger partial charge in [0.15, 0.2) is 0 Å². The first-order valence-electron chi connectivity index (χ1n) is 5.85. The number of carbonyl (C=O) groups is 1. The first kappa shape index (κ1) is 13.2. The molecule has 1 aliphatic rings. The van der Waals surface area contributed by atoms with Gasteiger partial charge in [0.2, 0.25) is 0 Å². The molecular formula is C12H22N2O2. The van der Waals surface area contributed by atoms with Crippen molar-refractivity contribution in [1.29, 1.82) is 0 Å². The standard InChI is InChI=1S/C12H22N2O2/c1-4-8-13-12(11(15)16-3)6-9-14(5-2)10-7-12/h4,13H,1,5-10H2,2-3H3. The minimum Gasteiger partial charge on any atom is -0.468 e. The summed E-state index contributed by atoms with van der Waals surface area (Å²) in [4.78, 5) is 14.2. The van der Waals surface area contributed by atoms with Crippen LogP contribution in [0.1, 0.15) is 19.8 Å². The second-order valence-corrected chi connectivity index (χ2v) is 4.18. The summed E-state index contributed by atoms with van der Waals surface area (Å²) in [5, 5.41) is 3.26. The molecule has 1 aliphatic heterocycles. The molecule has 0 spiro atoms. The molecule has 1 heterocycles. The third-order valence-electron chi connectivity index (χ3n) is 3.32. The molecular weight excluding hydrogens is 204 g/mol. The zero-order chi connectivity index (χ0) is 12.0. The molecule has 1 N–H and O–H groups in total. The average molecular weight is 226 g/mol. The number of piperidine rings is 1. The van der Waals surface area contributed by atoms with Crippen molar-refractivity contribution < 1.29 is 9.53 Å². The van der Waals surface area contributed by atoms with Crippen molar-refractivity contribution in [3.63, 3.8) is 0 Å². The van der Waals surface area contributed by atoms with E-state index in [0.29, 0.717) is 6.54 Å². The lowest BCUT2D eigenvalue weighted by molar-refractivity contribution is -0.150. The molecule has 0 amide bonds. The maximum atomic E-state index is 11.9. The lowest BCUT2D eigenvalue weighted by atomic mass is 9.87. The minimum atomic E-state index is -0.505. The molecule has 0 unspecified atom stereocenters. The highest BCUT2D eigenvalue weighted by Gasteiger charge is 2.41. The molecule has 0 aromatic heterocycles. The summed E-state index contributed by atoms with van der Waals surface area (Å²) < 4.78 is 4.90. The third-order valence-corrected chi connectivity index (χ3v) is 3.32. The number of ether oxygens (including phenoxy) is 1. The van der Waals surface area contributed by atoms with Gasteiger partial charge in [0, 0.05) is 19.6 Å². The van der Waals surface area contributed by atoms with Gasteiger partial charge in [0.25, 0.3) is 0 Å². The van der Waals surface area contributed by atoms with Gasteiger partial charge in [0.05, 0.1) is 7.11 Å². The smallest absolute Gasteiger partial charge is 0.326 e. The normalized spacial score (nSPS) is 20.4. The second kappa shape index (κ2) is 6.01. The van der Waals surface area contributed by atoms with Crippen LogP contribution in [0.4, 0.5) is 0 Å². The molecule has 1 rings (SSSR count).